The summed E-state index contributed by atoms with van der Waals surface area (Å²) in [5.41, 5.74) is 2.93. The first kappa shape index (κ1) is 22.3. The van der Waals surface area contributed by atoms with Crippen LogP contribution in [0.15, 0.2) is 36.1 Å². The molecule has 32 heavy (non-hydrogen) atoms. The van der Waals surface area contributed by atoms with Crippen molar-refractivity contribution in [2.75, 3.05) is 46.2 Å². The molecule has 0 saturated carbocycles. The van der Waals surface area contributed by atoms with E-state index in [1.807, 2.05) is 30.3 Å². The number of nitrogens with zero attached hydrogens (tertiary/aromatic N) is 4. The Bertz CT molecular complexity index is 1010. The van der Waals surface area contributed by atoms with Gasteiger partial charge in [0.1, 0.15) is 29.7 Å². The van der Waals surface area contributed by atoms with E-state index in [9.17, 15) is 4.79 Å². The van der Waals surface area contributed by atoms with Crippen LogP contribution < -0.4 is 5.32 Å². The van der Waals surface area contributed by atoms with E-state index < -0.39 is 0 Å². The lowest BCUT2D eigenvalue weighted by molar-refractivity contribution is -0.130. The van der Waals surface area contributed by atoms with E-state index in [-0.39, 0.29) is 12.0 Å². The Morgan fingerprint density at radius 3 is 2.91 bits per heavy atom. The van der Waals surface area contributed by atoms with Gasteiger partial charge in [-0.1, -0.05) is 0 Å². The summed E-state index contributed by atoms with van der Waals surface area (Å²) in [7, 11) is 5.63. The van der Waals surface area contributed by atoms with Crippen LogP contribution >= 0.6 is 0 Å². The summed E-state index contributed by atoms with van der Waals surface area (Å²) in [6.07, 6.45) is 10.0. The van der Waals surface area contributed by atoms with Crippen molar-refractivity contribution in [1.29, 1.82) is 0 Å². The first-order valence-electron chi connectivity index (χ1n) is 11.1. The highest BCUT2D eigenvalue weighted by Gasteiger charge is 2.23. The molecule has 3 heterocycles. The van der Waals surface area contributed by atoms with Crippen molar-refractivity contribution in [1.82, 2.24) is 24.8 Å². The number of carbonyl (C=O) groups excluding carboxylic acids is 1. The highest BCUT2D eigenvalue weighted by molar-refractivity contribution is 5.91. The van der Waals surface area contributed by atoms with Crippen molar-refractivity contribution < 1.29 is 14.3 Å². The molecule has 0 radical (unpaired) electrons. The molecule has 172 valence electrons. The number of ether oxygens (including phenoxy) is 2. The average Bonchev–Trinajstić information content (AvgIpc) is 3.19. The van der Waals surface area contributed by atoms with E-state index in [1.54, 1.807) is 13.4 Å². The zero-order valence-electron chi connectivity index (χ0n) is 19.1. The van der Waals surface area contributed by atoms with Crippen molar-refractivity contribution in [2.24, 2.45) is 0 Å². The summed E-state index contributed by atoms with van der Waals surface area (Å²) in [6, 6.07) is 0. The maximum Gasteiger partial charge on any atom is 0.222 e. The van der Waals surface area contributed by atoms with E-state index in [4.69, 9.17) is 9.47 Å². The van der Waals surface area contributed by atoms with Crippen LogP contribution in [0.5, 0.6) is 0 Å². The summed E-state index contributed by atoms with van der Waals surface area (Å²) in [6.45, 7) is 2.89. The van der Waals surface area contributed by atoms with E-state index in [0.29, 0.717) is 25.9 Å². The highest BCUT2D eigenvalue weighted by atomic mass is 16.5. The summed E-state index contributed by atoms with van der Waals surface area (Å²) in [5.74, 6) is 1.72. The maximum atomic E-state index is 12.4. The minimum atomic E-state index is -0.201. The fourth-order valence-corrected chi connectivity index (χ4v) is 4.20. The topological polar surface area (TPSA) is 95.6 Å². The number of amides is 1. The normalized spacial score (nSPS) is 21.9. The van der Waals surface area contributed by atoms with Crippen LogP contribution in [-0.4, -0.2) is 77.7 Å². The molecule has 2 N–H and O–H groups in total. The molecule has 2 aliphatic rings. The Hall–Kier alpha value is -2.91. The number of aromatic nitrogens is 3. The number of H-pyrrole nitrogens is 1. The van der Waals surface area contributed by atoms with Gasteiger partial charge in [0.25, 0.3) is 0 Å². The number of methoxy groups -OCH3 is 1. The molecular formula is C23H32N6O3. The Balaban J connectivity index is 1.62. The van der Waals surface area contributed by atoms with Crippen molar-refractivity contribution >= 4 is 22.8 Å². The quantitative estimate of drug-likeness (QED) is 0.704. The van der Waals surface area contributed by atoms with E-state index >= 15 is 0 Å². The number of carbonyl (C=O) groups is 1. The number of hydrogen-bond acceptors (Lipinski definition) is 7. The van der Waals surface area contributed by atoms with Crippen LogP contribution in [0.1, 0.15) is 31.2 Å². The number of nitrogens with one attached hydrogen (secondary N) is 2. The van der Waals surface area contributed by atoms with Gasteiger partial charge in [-0.15, -0.1) is 0 Å². The number of fused-ring (bicyclic) bond motifs is 2. The molecule has 1 atom stereocenters. The molecule has 0 spiro atoms. The van der Waals surface area contributed by atoms with Gasteiger partial charge >= 0.3 is 0 Å². The van der Waals surface area contributed by atoms with Gasteiger partial charge in [0.05, 0.1) is 12.5 Å². The Kier molecular flexibility index (Phi) is 7.06. The first-order chi connectivity index (χ1) is 15.5. The highest BCUT2D eigenvalue weighted by Crippen LogP contribution is 2.29. The molecule has 2 aromatic rings. The Labute approximate surface area is 188 Å². The van der Waals surface area contributed by atoms with Crippen LogP contribution in [0, 0.1) is 0 Å². The lowest BCUT2D eigenvalue weighted by Crippen LogP contribution is -2.30. The molecule has 4 rings (SSSR count). The van der Waals surface area contributed by atoms with Gasteiger partial charge in [0.2, 0.25) is 5.91 Å². The third kappa shape index (κ3) is 5.11. The largest absolute Gasteiger partial charge is 0.498 e. The molecule has 9 heteroatoms. The number of rotatable bonds is 1. The van der Waals surface area contributed by atoms with Crippen molar-refractivity contribution in [2.45, 2.75) is 38.3 Å². The Morgan fingerprint density at radius 1 is 1.19 bits per heavy atom. The molecule has 1 unspecified atom stereocenters. The van der Waals surface area contributed by atoms with Gasteiger partial charge < -0.3 is 29.6 Å². The minimum absolute atomic E-state index is 0.157. The Morgan fingerprint density at radius 2 is 2.06 bits per heavy atom. The molecule has 0 fully saturated rings. The van der Waals surface area contributed by atoms with Crippen LogP contribution in [0.25, 0.3) is 11.0 Å². The molecule has 1 aliphatic carbocycles. The number of aromatic amines is 1. The second-order valence-electron chi connectivity index (χ2n) is 8.42. The lowest BCUT2D eigenvalue weighted by Gasteiger charge is -2.25. The SMILES string of the molecule is COC1=CC=C2CC1OCCCC(=O)N(C)CCCN(C)Cc1c[nH]c3ncnc(c13)N2. The number of anilines is 1. The van der Waals surface area contributed by atoms with Gasteiger partial charge in [-0.3, -0.25) is 4.79 Å². The fraction of sp³-hybridized carbons (Fsp3) is 0.522. The van der Waals surface area contributed by atoms with Gasteiger partial charge in [0, 0.05) is 51.5 Å². The van der Waals surface area contributed by atoms with Crippen molar-refractivity contribution in [3.63, 3.8) is 0 Å². The van der Waals surface area contributed by atoms with Crippen LogP contribution in [-0.2, 0) is 20.8 Å². The molecule has 2 bridgehead atoms. The van der Waals surface area contributed by atoms with E-state index in [0.717, 1.165) is 59.9 Å². The zero-order valence-corrected chi connectivity index (χ0v) is 19.1. The molecule has 1 amide bonds. The average molecular weight is 441 g/mol. The molecule has 9 nitrogen and oxygen atoms in total. The molecule has 0 aromatic carbocycles. The van der Waals surface area contributed by atoms with Gasteiger partial charge in [-0.2, -0.15) is 0 Å². The summed E-state index contributed by atoms with van der Waals surface area (Å²) in [4.78, 5) is 28.7. The van der Waals surface area contributed by atoms with E-state index in [1.165, 1.54) is 0 Å². The summed E-state index contributed by atoms with van der Waals surface area (Å²) < 4.78 is 11.6. The fourth-order valence-electron chi connectivity index (χ4n) is 4.20. The predicted molar refractivity (Wildman–Crippen MR) is 123 cm³/mol. The standard InChI is InChI=1S/C23H32N6O3/c1-28-9-5-10-29(2)20(30)6-4-11-32-19-12-17(7-8-18(19)31-3)27-23-21-16(14-28)13-24-22(21)25-15-26-23/h7-8,13,15,19H,4-6,9-12,14H2,1-3H3,(H2,24,25,26,27). The molecule has 1 aliphatic heterocycles. The lowest BCUT2D eigenvalue weighted by atomic mass is 10.1. The van der Waals surface area contributed by atoms with E-state index in [2.05, 4.69) is 32.2 Å². The first-order valence-corrected chi connectivity index (χ1v) is 11.1. The number of allylic oxidation sites excluding steroid dienone is 2. The van der Waals surface area contributed by atoms with Gasteiger partial charge in [-0.25, -0.2) is 9.97 Å². The monoisotopic (exact) mass is 440 g/mol. The summed E-state index contributed by atoms with van der Waals surface area (Å²) in [5, 5.41) is 4.48. The van der Waals surface area contributed by atoms with Crippen LogP contribution in [0.4, 0.5) is 5.82 Å². The third-order valence-corrected chi connectivity index (χ3v) is 5.99. The van der Waals surface area contributed by atoms with Crippen LogP contribution in [0.2, 0.25) is 0 Å². The summed E-state index contributed by atoms with van der Waals surface area (Å²) >= 11 is 0. The third-order valence-electron chi connectivity index (χ3n) is 5.99. The van der Waals surface area contributed by atoms with Gasteiger partial charge in [-0.05, 0) is 44.1 Å². The van der Waals surface area contributed by atoms with Crippen molar-refractivity contribution in [3.8, 4) is 0 Å². The molecule has 2 aromatic heterocycles. The smallest absolute Gasteiger partial charge is 0.222 e. The second-order valence-corrected chi connectivity index (χ2v) is 8.42. The zero-order chi connectivity index (χ0) is 22.5. The predicted octanol–water partition coefficient (Wildman–Crippen LogP) is 2.65. The molecule has 0 saturated heterocycles. The number of hydrogen-bond donors (Lipinski definition) is 2. The van der Waals surface area contributed by atoms with Crippen molar-refractivity contribution in [3.05, 3.63) is 41.7 Å². The van der Waals surface area contributed by atoms with Gasteiger partial charge in [0.15, 0.2) is 0 Å². The maximum absolute atomic E-state index is 12.4. The second kappa shape index (κ2) is 10.1. The molecular weight excluding hydrogens is 408 g/mol. The van der Waals surface area contributed by atoms with Crippen LogP contribution in [0.3, 0.4) is 0 Å². The minimum Gasteiger partial charge on any atom is -0.498 e.